The summed E-state index contributed by atoms with van der Waals surface area (Å²) in [5, 5.41) is 25.0. The Morgan fingerprint density at radius 1 is 1.15 bits per heavy atom. The first kappa shape index (κ1) is 22.2. The first-order valence-electron chi connectivity index (χ1n) is 10.7. The Hall–Kier alpha value is -4.02. The van der Waals surface area contributed by atoms with Crippen molar-refractivity contribution >= 4 is 29.0 Å². The van der Waals surface area contributed by atoms with E-state index in [1.807, 2.05) is 38.2 Å². The van der Waals surface area contributed by atoms with Crippen molar-refractivity contribution in [3.05, 3.63) is 36.2 Å². The fraction of sp³-hybridized carbons (Fsp3) is 0.364. The number of hydrogen-bond acceptors (Lipinski definition) is 8. The van der Waals surface area contributed by atoms with Gasteiger partial charge < -0.3 is 20.7 Å². The molecule has 172 valence electrons. The Balaban J connectivity index is 1.70. The monoisotopic (exact) mass is 450 g/mol. The van der Waals surface area contributed by atoms with E-state index in [0.29, 0.717) is 22.8 Å². The minimum Gasteiger partial charge on any atom is -0.494 e. The van der Waals surface area contributed by atoms with Crippen molar-refractivity contribution in [2.45, 2.75) is 32.7 Å². The van der Waals surface area contributed by atoms with E-state index >= 15 is 0 Å². The van der Waals surface area contributed by atoms with Crippen molar-refractivity contribution in [2.75, 3.05) is 24.8 Å². The summed E-state index contributed by atoms with van der Waals surface area (Å²) in [7, 11) is 3.07. The van der Waals surface area contributed by atoms with E-state index in [4.69, 9.17) is 4.74 Å². The van der Waals surface area contributed by atoms with Gasteiger partial charge in [0.15, 0.2) is 17.3 Å². The quantitative estimate of drug-likeness (QED) is 0.477. The largest absolute Gasteiger partial charge is 0.494 e. The number of nitrogens with one attached hydrogen (secondary N) is 3. The Morgan fingerprint density at radius 3 is 2.58 bits per heavy atom. The average molecular weight is 451 g/mol. The third kappa shape index (κ3) is 4.76. The molecule has 33 heavy (non-hydrogen) atoms. The summed E-state index contributed by atoms with van der Waals surface area (Å²) in [5.41, 5.74) is 2.43. The predicted molar refractivity (Wildman–Crippen MR) is 122 cm³/mol. The molecule has 2 heterocycles. The van der Waals surface area contributed by atoms with Gasteiger partial charge in [0, 0.05) is 30.6 Å². The number of nitrogens with zero attached hydrogens (tertiary/aromatic N) is 5. The van der Waals surface area contributed by atoms with Crippen LogP contribution in [0, 0.1) is 5.92 Å². The third-order valence-electron chi connectivity index (χ3n) is 5.24. The molecule has 2 aromatic heterocycles. The van der Waals surface area contributed by atoms with Crippen LogP contribution < -0.4 is 20.7 Å². The number of methoxy groups -OCH3 is 1. The van der Waals surface area contributed by atoms with Crippen molar-refractivity contribution in [3.63, 3.8) is 0 Å². The minimum absolute atomic E-state index is 0.0119. The van der Waals surface area contributed by atoms with Crippen LogP contribution in [0.15, 0.2) is 30.5 Å². The van der Waals surface area contributed by atoms with Crippen LogP contribution in [-0.2, 0) is 4.79 Å². The van der Waals surface area contributed by atoms with Gasteiger partial charge in [0.25, 0.3) is 5.91 Å². The van der Waals surface area contributed by atoms with Crippen LogP contribution in [0.1, 0.15) is 43.2 Å². The molecule has 11 nitrogen and oxygen atoms in total. The van der Waals surface area contributed by atoms with Crippen LogP contribution in [-0.4, -0.2) is 51.2 Å². The maximum absolute atomic E-state index is 12.4. The van der Waals surface area contributed by atoms with Crippen LogP contribution >= 0.6 is 0 Å². The van der Waals surface area contributed by atoms with Crippen molar-refractivity contribution in [1.29, 1.82) is 0 Å². The number of amides is 2. The lowest BCUT2D eigenvalue weighted by molar-refractivity contribution is -0.117. The Morgan fingerprint density at radius 2 is 1.94 bits per heavy atom. The fourth-order valence-electron chi connectivity index (χ4n) is 3.26. The van der Waals surface area contributed by atoms with Gasteiger partial charge in [-0.1, -0.05) is 11.3 Å². The summed E-state index contributed by atoms with van der Waals surface area (Å²) in [6.07, 6.45) is 3.58. The molecule has 0 bridgehead atoms. The van der Waals surface area contributed by atoms with Gasteiger partial charge in [-0.15, -0.1) is 15.3 Å². The molecule has 2 amide bonds. The summed E-state index contributed by atoms with van der Waals surface area (Å²) in [6.45, 7) is 4.04. The predicted octanol–water partition coefficient (Wildman–Crippen LogP) is 2.78. The lowest BCUT2D eigenvalue weighted by atomic mass is 10.1. The maximum Gasteiger partial charge on any atom is 0.273 e. The van der Waals surface area contributed by atoms with Crippen molar-refractivity contribution in [1.82, 2.24) is 30.5 Å². The van der Waals surface area contributed by atoms with E-state index in [-0.39, 0.29) is 29.4 Å². The molecule has 1 aromatic carbocycles. The standard InChI is InChI=1S/C22H26N8O3/c1-12(2)30-11-17(26-29-30)14-6-5-7-15(20(14)33-4)24-16-10-18(25-21(31)13-8-9-13)27-28-19(16)22(32)23-3/h5-7,10-13H,8-9H2,1-4H3,(H,23,32)(H2,24,25,27,31). The molecule has 1 fully saturated rings. The van der Waals surface area contributed by atoms with E-state index in [9.17, 15) is 9.59 Å². The van der Waals surface area contributed by atoms with Crippen LogP contribution in [0.4, 0.5) is 17.2 Å². The second-order valence-electron chi connectivity index (χ2n) is 8.02. The minimum atomic E-state index is -0.417. The Bertz CT molecular complexity index is 1190. The number of para-hydroxylation sites is 1. The second kappa shape index (κ2) is 9.23. The lowest BCUT2D eigenvalue weighted by Crippen LogP contribution is -2.22. The molecule has 0 spiro atoms. The van der Waals surface area contributed by atoms with E-state index in [0.717, 1.165) is 18.4 Å². The second-order valence-corrected chi connectivity index (χ2v) is 8.02. The summed E-state index contributed by atoms with van der Waals surface area (Å²) >= 11 is 0. The molecule has 1 saturated carbocycles. The van der Waals surface area contributed by atoms with E-state index < -0.39 is 5.91 Å². The zero-order valence-electron chi connectivity index (χ0n) is 18.9. The zero-order chi connectivity index (χ0) is 23.5. The smallest absolute Gasteiger partial charge is 0.273 e. The van der Waals surface area contributed by atoms with Gasteiger partial charge in [-0.05, 0) is 38.8 Å². The lowest BCUT2D eigenvalue weighted by Gasteiger charge is -2.16. The van der Waals surface area contributed by atoms with Crippen LogP contribution in [0.3, 0.4) is 0 Å². The SMILES string of the molecule is CNC(=O)c1nnc(NC(=O)C2CC2)cc1Nc1cccc(-c2cn(C(C)C)nn2)c1OC. The first-order chi connectivity index (χ1) is 15.9. The third-order valence-corrected chi connectivity index (χ3v) is 5.24. The number of rotatable bonds is 8. The highest BCUT2D eigenvalue weighted by Crippen LogP contribution is 2.38. The molecule has 3 N–H and O–H groups in total. The molecule has 0 aliphatic heterocycles. The molecule has 4 rings (SSSR count). The first-order valence-corrected chi connectivity index (χ1v) is 10.7. The molecule has 1 aliphatic carbocycles. The molecular weight excluding hydrogens is 424 g/mol. The molecular formula is C22H26N8O3. The highest BCUT2D eigenvalue weighted by Gasteiger charge is 2.30. The number of hydrogen-bond donors (Lipinski definition) is 3. The Labute approximate surface area is 190 Å². The summed E-state index contributed by atoms with van der Waals surface area (Å²) in [6, 6.07) is 7.29. The van der Waals surface area contributed by atoms with Gasteiger partial charge in [0.2, 0.25) is 5.91 Å². The highest BCUT2D eigenvalue weighted by molar-refractivity contribution is 6.00. The van der Waals surface area contributed by atoms with Gasteiger partial charge >= 0.3 is 0 Å². The maximum atomic E-state index is 12.4. The van der Waals surface area contributed by atoms with Gasteiger partial charge in [0.05, 0.1) is 24.7 Å². The molecule has 0 atom stereocenters. The molecule has 0 saturated heterocycles. The van der Waals surface area contributed by atoms with E-state index in [2.05, 4.69) is 36.5 Å². The van der Waals surface area contributed by atoms with Gasteiger partial charge in [0.1, 0.15) is 5.69 Å². The van der Waals surface area contributed by atoms with Crippen LogP contribution in [0.5, 0.6) is 5.75 Å². The number of benzene rings is 1. The van der Waals surface area contributed by atoms with Gasteiger partial charge in [-0.25, -0.2) is 4.68 Å². The number of carbonyl (C=O) groups excluding carboxylic acids is 2. The number of carbonyl (C=O) groups is 2. The van der Waals surface area contributed by atoms with Crippen molar-refractivity contribution in [3.8, 4) is 17.0 Å². The van der Waals surface area contributed by atoms with Crippen LogP contribution in [0.2, 0.25) is 0 Å². The molecule has 0 radical (unpaired) electrons. The topological polar surface area (TPSA) is 136 Å². The molecule has 3 aromatic rings. The molecule has 1 aliphatic rings. The fourth-order valence-corrected chi connectivity index (χ4v) is 3.26. The number of ether oxygens (including phenoxy) is 1. The molecule has 11 heteroatoms. The Kier molecular flexibility index (Phi) is 6.20. The van der Waals surface area contributed by atoms with E-state index in [1.54, 1.807) is 17.9 Å². The van der Waals surface area contributed by atoms with Gasteiger partial charge in [-0.3, -0.25) is 9.59 Å². The summed E-state index contributed by atoms with van der Waals surface area (Å²) < 4.78 is 7.45. The normalized spacial score (nSPS) is 13.0. The van der Waals surface area contributed by atoms with Gasteiger partial charge in [-0.2, -0.15) is 0 Å². The average Bonchev–Trinajstić information content (AvgIpc) is 3.55. The van der Waals surface area contributed by atoms with Crippen molar-refractivity contribution in [2.24, 2.45) is 5.92 Å². The van der Waals surface area contributed by atoms with Crippen LogP contribution in [0.25, 0.3) is 11.3 Å². The summed E-state index contributed by atoms with van der Waals surface area (Å²) in [5.74, 6) is 0.280. The van der Waals surface area contributed by atoms with Crippen molar-refractivity contribution < 1.29 is 14.3 Å². The number of aromatic nitrogens is 5. The highest BCUT2D eigenvalue weighted by atomic mass is 16.5. The molecule has 0 unspecified atom stereocenters. The van der Waals surface area contributed by atoms with E-state index in [1.165, 1.54) is 7.05 Å². The summed E-state index contributed by atoms with van der Waals surface area (Å²) in [4.78, 5) is 24.6. The number of anilines is 3. The zero-order valence-corrected chi connectivity index (χ0v) is 18.9.